The number of aromatic nitrogens is 3. The van der Waals surface area contributed by atoms with Gasteiger partial charge in [-0.05, 0) is 6.07 Å². The minimum Gasteiger partial charge on any atom is -0.383 e. The third-order valence-electron chi connectivity index (χ3n) is 2.03. The number of hydrogen-bond donors (Lipinski definition) is 3. The van der Waals surface area contributed by atoms with Gasteiger partial charge in [0.2, 0.25) is 0 Å². The standard InChI is InChI=1S/C10H11N5OS/c11-7-4-8(16)15-10(14-7)17-5-6-2-1-3-13-9(6)12/h1-4H,5H2,(H2,12,13)(H3,11,14,15,16). The molecule has 88 valence electrons. The average molecular weight is 249 g/mol. The molecule has 17 heavy (non-hydrogen) atoms. The van der Waals surface area contributed by atoms with E-state index in [1.54, 1.807) is 6.20 Å². The molecule has 5 N–H and O–H groups in total. The van der Waals surface area contributed by atoms with Gasteiger partial charge in [0.1, 0.15) is 11.6 Å². The smallest absolute Gasteiger partial charge is 0.253 e. The predicted octanol–water partition coefficient (Wildman–Crippen LogP) is 0.622. The van der Waals surface area contributed by atoms with Gasteiger partial charge in [0.05, 0.1) is 0 Å². The van der Waals surface area contributed by atoms with Gasteiger partial charge >= 0.3 is 0 Å². The van der Waals surface area contributed by atoms with Gasteiger partial charge in [-0.2, -0.15) is 0 Å². The number of hydrogen-bond acceptors (Lipinski definition) is 6. The van der Waals surface area contributed by atoms with Gasteiger partial charge in [-0.1, -0.05) is 17.8 Å². The second kappa shape index (κ2) is 4.88. The van der Waals surface area contributed by atoms with E-state index in [0.717, 1.165) is 5.56 Å². The number of nitrogens with one attached hydrogen (secondary N) is 1. The molecule has 0 aliphatic heterocycles. The summed E-state index contributed by atoms with van der Waals surface area (Å²) in [6.07, 6.45) is 1.63. The second-order valence-electron chi connectivity index (χ2n) is 3.31. The predicted molar refractivity (Wildman–Crippen MR) is 67.5 cm³/mol. The molecule has 0 unspecified atom stereocenters. The Morgan fingerprint density at radius 1 is 1.41 bits per heavy atom. The highest BCUT2D eigenvalue weighted by Gasteiger charge is 2.03. The van der Waals surface area contributed by atoms with Crippen LogP contribution in [0.2, 0.25) is 0 Å². The maximum absolute atomic E-state index is 11.2. The van der Waals surface area contributed by atoms with E-state index >= 15 is 0 Å². The number of aromatic amines is 1. The van der Waals surface area contributed by atoms with E-state index in [-0.39, 0.29) is 11.4 Å². The molecule has 0 aliphatic rings. The molecule has 6 nitrogen and oxygen atoms in total. The Morgan fingerprint density at radius 2 is 2.24 bits per heavy atom. The fourth-order valence-corrected chi connectivity index (χ4v) is 2.12. The molecule has 7 heteroatoms. The largest absolute Gasteiger partial charge is 0.383 e. The van der Waals surface area contributed by atoms with Crippen LogP contribution in [0.3, 0.4) is 0 Å². The van der Waals surface area contributed by atoms with Crippen molar-refractivity contribution in [3.63, 3.8) is 0 Å². The number of anilines is 2. The molecule has 2 heterocycles. The van der Waals surface area contributed by atoms with E-state index in [1.165, 1.54) is 17.8 Å². The summed E-state index contributed by atoms with van der Waals surface area (Å²) < 4.78 is 0. The molecule has 0 bridgehead atoms. The summed E-state index contributed by atoms with van der Waals surface area (Å²) in [5, 5.41) is 0.471. The minimum atomic E-state index is -0.265. The molecule has 0 aliphatic carbocycles. The van der Waals surface area contributed by atoms with Crippen LogP contribution in [0.15, 0.2) is 34.3 Å². The van der Waals surface area contributed by atoms with E-state index in [0.29, 0.717) is 16.7 Å². The summed E-state index contributed by atoms with van der Waals surface area (Å²) in [6, 6.07) is 4.92. The quantitative estimate of drug-likeness (QED) is 0.543. The zero-order chi connectivity index (χ0) is 12.3. The summed E-state index contributed by atoms with van der Waals surface area (Å²) in [7, 11) is 0. The van der Waals surface area contributed by atoms with Crippen molar-refractivity contribution in [2.24, 2.45) is 0 Å². The molecule has 0 spiro atoms. The highest BCUT2D eigenvalue weighted by atomic mass is 32.2. The van der Waals surface area contributed by atoms with Crippen LogP contribution in [0.5, 0.6) is 0 Å². The lowest BCUT2D eigenvalue weighted by molar-refractivity contribution is 0.945. The molecule has 0 radical (unpaired) electrons. The lowest BCUT2D eigenvalue weighted by atomic mass is 10.3. The number of pyridine rings is 1. The zero-order valence-electron chi connectivity index (χ0n) is 8.88. The van der Waals surface area contributed by atoms with Gasteiger partial charge in [-0.15, -0.1) is 0 Å². The van der Waals surface area contributed by atoms with E-state index in [4.69, 9.17) is 11.5 Å². The first-order valence-corrected chi connectivity index (χ1v) is 5.83. The Kier molecular flexibility index (Phi) is 3.29. The van der Waals surface area contributed by atoms with Gasteiger partial charge < -0.3 is 16.5 Å². The van der Waals surface area contributed by atoms with Crippen LogP contribution >= 0.6 is 11.8 Å². The van der Waals surface area contributed by atoms with Crippen LogP contribution in [0, 0.1) is 0 Å². The van der Waals surface area contributed by atoms with Crippen molar-refractivity contribution in [3.05, 3.63) is 40.3 Å². The van der Waals surface area contributed by atoms with Crippen LogP contribution in [0.25, 0.3) is 0 Å². The van der Waals surface area contributed by atoms with E-state index in [2.05, 4.69) is 15.0 Å². The Labute approximate surface area is 101 Å². The Morgan fingerprint density at radius 3 is 2.94 bits per heavy atom. The molecule has 0 fully saturated rings. The number of H-pyrrole nitrogens is 1. The first-order chi connectivity index (χ1) is 8.15. The topological polar surface area (TPSA) is 111 Å². The minimum absolute atomic E-state index is 0.204. The highest BCUT2D eigenvalue weighted by Crippen LogP contribution is 2.20. The van der Waals surface area contributed by atoms with Crippen molar-refractivity contribution in [1.29, 1.82) is 0 Å². The number of thioether (sulfide) groups is 1. The Hall–Kier alpha value is -2.02. The third kappa shape index (κ3) is 2.97. The SMILES string of the molecule is Nc1cc(=O)[nH]c(SCc2cccnc2N)n1. The maximum atomic E-state index is 11.2. The van der Waals surface area contributed by atoms with Crippen LogP contribution in [-0.2, 0) is 5.75 Å². The summed E-state index contributed by atoms with van der Waals surface area (Å²) >= 11 is 1.35. The number of nitrogens with two attached hydrogens (primary N) is 2. The van der Waals surface area contributed by atoms with Crippen LogP contribution in [0.4, 0.5) is 11.6 Å². The van der Waals surface area contributed by atoms with Crippen molar-refractivity contribution < 1.29 is 0 Å². The van der Waals surface area contributed by atoms with E-state index in [9.17, 15) is 4.79 Å². The van der Waals surface area contributed by atoms with Crippen molar-refractivity contribution in [2.45, 2.75) is 10.9 Å². The fourth-order valence-electron chi connectivity index (χ4n) is 1.24. The van der Waals surface area contributed by atoms with Crippen molar-refractivity contribution >= 4 is 23.4 Å². The van der Waals surface area contributed by atoms with Crippen molar-refractivity contribution in [3.8, 4) is 0 Å². The molecule has 2 aromatic rings. The normalized spacial score (nSPS) is 10.4. The number of rotatable bonds is 3. The monoisotopic (exact) mass is 249 g/mol. The summed E-state index contributed by atoms with van der Waals surface area (Å²) in [4.78, 5) is 21.7. The number of nitrogen functional groups attached to an aromatic ring is 2. The summed E-state index contributed by atoms with van der Waals surface area (Å²) in [5.74, 6) is 1.26. The highest BCUT2D eigenvalue weighted by molar-refractivity contribution is 7.98. The molecule has 0 saturated carbocycles. The summed E-state index contributed by atoms with van der Waals surface area (Å²) in [6.45, 7) is 0. The number of nitrogens with zero attached hydrogens (tertiary/aromatic N) is 2. The average Bonchev–Trinajstić information content (AvgIpc) is 2.27. The van der Waals surface area contributed by atoms with Gasteiger partial charge in [0, 0.05) is 23.6 Å². The van der Waals surface area contributed by atoms with E-state index < -0.39 is 0 Å². The van der Waals surface area contributed by atoms with Gasteiger partial charge in [0.15, 0.2) is 5.16 Å². The molecule has 0 atom stereocenters. The maximum Gasteiger partial charge on any atom is 0.253 e. The van der Waals surface area contributed by atoms with Crippen LogP contribution < -0.4 is 17.0 Å². The lowest BCUT2D eigenvalue weighted by Crippen LogP contribution is -2.09. The first-order valence-electron chi connectivity index (χ1n) is 4.84. The van der Waals surface area contributed by atoms with Crippen molar-refractivity contribution in [2.75, 3.05) is 11.5 Å². The van der Waals surface area contributed by atoms with Gasteiger partial charge in [-0.25, -0.2) is 9.97 Å². The van der Waals surface area contributed by atoms with Crippen LogP contribution in [-0.4, -0.2) is 15.0 Å². The molecule has 0 amide bonds. The molecular formula is C10H11N5OS. The molecule has 2 aromatic heterocycles. The molecule has 2 rings (SSSR count). The van der Waals surface area contributed by atoms with E-state index in [1.807, 2.05) is 12.1 Å². The molecular weight excluding hydrogens is 238 g/mol. The Balaban J connectivity index is 2.13. The summed E-state index contributed by atoms with van der Waals surface area (Å²) in [5.41, 5.74) is 11.8. The first kappa shape index (κ1) is 11.5. The molecule has 0 aromatic carbocycles. The van der Waals surface area contributed by atoms with Crippen LogP contribution in [0.1, 0.15) is 5.56 Å². The van der Waals surface area contributed by atoms with Crippen molar-refractivity contribution in [1.82, 2.24) is 15.0 Å². The Bertz CT molecular complexity index is 583. The van der Waals surface area contributed by atoms with Gasteiger partial charge in [-0.3, -0.25) is 4.79 Å². The fraction of sp³-hybridized carbons (Fsp3) is 0.100. The zero-order valence-corrected chi connectivity index (χ0v) is 9.70. The second-order valence-corrected chi connectivity index (χ2v) is 4.28. The molecule has 0 saturated heterocycles. The van der Waals surface area contributed by atoms with Gasteiger partial charge in [0.25, 0.3) is 5.56 Å². The third-order valence-corrected chi connectivity index (χ3v) is 2.95. The lowest BCUT2D eigenvalue weighted by Gasteiger charge is -2.03.